The summed E-state index contributed by atoms with van der Waals surface area (Å²) in [5, 5.41) is 7.20. The van der Waals surface area contributed by atoms with Crippen LogP contribution in [0.1, 0.15) is 43.6 Å². The summed E-state index contributed by atoms with van der Waals surface area (Å²) >= 11 is 0. The first-order valence-corrected chi connectivity index (χ1v) is 7.63. The van der Waals surface area contributed by atoms with Gasteiger partial charge in [0.2, 0.25) is 5.89 Å². The van der Waals surface area contributed by atoms with Crippen LogP contribution in [0.15, 0.2) is 28.8 Å². The molecular formula is C17H26ClN3O. The standard InChI is InChI=1S/C17H25N3O.ClH/c1-12(2)9-14-5-7-15(8-6-14)11-17-19-16(20-21-17)10-13(3)18-4;/h5-8,12-13,18H,9-11H2,1-4H3;1H. The number of hydrogen-bond donors (Lipinski definition) is 1. The molecule has 0 radical (unpaired) electrons. The highest BCUT2D eigenvalue weighted by atomic mass is 35.5. The van der Waals surface area contributed by atoms with Gasteiger partial charge in [0.1, 0.15) is 0 Å². The highest BCUT2D eigenvalue weighted by molar-refractivity contribution is 5.85. The molecular weight excluding hydrogens is 298 g/mol. The van der Waals surface area contributed by atoms with Gasteiger partial charge in [-0.2, -0.15) is 4.98 Å². The van der Waals surface area contributed by atoms with Gasteiger partial charge in [0.05, 0.1) is 6.42 Å². The Balaban J connectivity index is 0.00000242. The number of aromatic nitrogens is 2. The highest BCUT2D eigenvalue weighted by Crippen LogP contribution is 2.13. The molecule has 0 spiro atoms. The van der Waals surface area contributed by atoms with Gasteiger partial charge in [0, 0.05) is 12.5 Å². The second-order valence-corrected chi connectivity index (χ2v) is 6.09. The zero-order valence-corrected chi connectivity index (χ0v) is 14.6. The molecule has 4 nitrogen and oxygen atoms in total. The van der Waals surface area contributed by atoms with E-state index in [2.05, 4.69) is 60.5 Å². The Bertz CT molecular complexity index is 551. The van der Waals surface area contributed by atoms with Crippen LogP contribution in [-0.4, -0.2) is 23.2 Å². The molecule has 22 heavy (non-hydrogen) atoms. The first-order chi connectivity index (χ1) is 10.1. The lowest BCUT2D eigenvalue weighted by Crippen LogP contribution is -2.24. The van der Waals surface area contributed by atoms with Crippen LogP contribution in [0.5, 0.6) is 0 Å². The van der Waals surface area contributed by atoms with Crippen LogP contribution in [0.4, 0.5) is 0 Å². The predicted molar refractivity (Wildman–Crippen MR) is 91.6 cm³/mol. The number of benzene rings is 1. The van der Waals surface area contributed by atoms with Gasteiger partial charge in [-0.1, -0.05) is 43.3 Å². The predicted octanol–water partition coefficient (Wildman–Crippen LogP) is 3.43. The minimum atomic E-state index is 0. The zero-order valence-electron chi connectivity index (χ0n) is 13.8. The summed E-state index contributed by atoms with van der Waals surface area (Å²) in [4.78, 5) is 4.45. The molecule has 1 aromatic carbocycles. The zero-order chi connectivity index (χ0) is 15.2. The first kappa shape index (κ1) is 18.7. The van der Waals surface area contributed by atoms with Crippen LogP contribution >= 0.6 is 12.4 Å². The van der Waals surface area contributed by atoms with Crippen molar-refractivity contribution >= 4 is 12.4 Å². The van der Waals surface area contributed by atoms with Crippen LogP contribution in [0, 0.1) is 5.92 Å². The van der Waals surface area contributed by atoms with Crippen molar-refractivity contribution in [2.45, 2.75) is 46.1 Å². The maximum atomic E-state index is 5.32. The van der Waals surface area contributed by atoms with Crippen LogP contribution in [0.3, 0.4) is 0 Å². The summed E-state index contributed by atoms with van der Waals surface area (Å²) in [5.41, 5.74) is 2.59. The third kappa shape index (κ3) is 5.78. The molecule has 0 aliphatic carbocycles. The molecule has 0 fully saturated rings. The number of halogens is 1. The summed E-state index contributed by atoms with van der Waals surface area (Å²) in [6.45, 7) is 6.57. The minimum absolute atomic E-state index is 0. The molecule has 0 bridgehead atoms. The lowest BCUT2D eigenvalue weighted by molar-refractivity contribution is 0.377. The van der Waals surface area contributed by atoms with Crippen molar-refractivity contribution in [1.29, 1.82) is 0 Å². The van der Waals surface area contributed by atoms with Gasteiger partial charge in [-0.05, 0) is 37.4 Å². The largest absolute Gasteiger partial charge is 0.339 e. The van der Waals surface area contributed by atoms with Crippen molar-refractivity contribution in [1.82, 2.24) is 15.5 Å². The van der Waals surface area contributed by atoms with Crippen molar-refractivity contribution in [3.05, 3.63) is 47.1 Å². The number of nitrogens with zero attached hydrogens (tertiary/aromatic N) is 2. The van der Waals surface area contributed by atoms with E-state index in [1.54, 1.807) is 0 Å². The molecule has 0 saturated heterocycles. The average Bonchev–Trinajstić information content (AvgIpc) is 2.87. The van der Waals surface area contributed by atoms with Gasteiger partial charge >= 0.3 is 0 Å². The van der Waals surface area contributed by atoms with Gasteiger partial charge in [-0.15, -0.1) is 12.4 Å². The average molecular weight is 324 g/mol. The number of likely N-dealkylation sites (N-methyl/N-ethyl adjacent to an activating group) is 1. The molecule has 0 aliphatic rings. The number of hydrogen-bond acceptors (Lipinski definition) is 4. The van der Waals surface area contributed by atoms with Crippen molar-refractivity contribution in [3.8, 4) is 0 Å². The summed E-state index contributed by atoms with van der Waals surface area (Å²) in [6.07, 6.45) is 2.60. The normalized spacial score (nSPS) is 12.2. The minimum Gasteiger partial charge on any atom is -0.339 e. The number of rotatable bonds is 7. The first-order valence-electron chi connectivity index (χ1n) is 7.63. The molecule has 1 atom stereocenters. The van der Waals surface area contributed by atoms with Crippen LogP contribution in [0.25, 0.3) is 0 Å². The third-order valence-corrected chi connectivity index (χ3v) is 3.51. The second-order valence-electron chi connectivity index (χ2n) is 6.09. The van der Waals surface area contributed by atoms with Crippen molar-refractivity contribution in [3.63, 3.8) is 0 Å². The van der Waals surface area contributed by atoms with Gasteiger partial charge in [0.15, 0.2) is 5.82 Å². The van der Waals surface area contributed by atoms with E-state index in [1.807, 2.05) is 7.05 Å². The summed E-state index contributed by atoms with van der Waals surface area (Å²) in [7, 11) is 1.93. The molecule has 1 unspecified atom stereocenters. The Hall–Kier alpha value is -1.39. The van der Waals surface area contributed by atoms with Crippen molar-refractivity contribution in [2.24, 2.45) is 5.92 Å². The Morgan fingerprint density at radius 2 is 1.68 bits per heavy atom. The second kappa shape index (κ2) is 8.91. The van der Waals surface area contributed by atoms with E-state index in [1.165, 1.54) is 11.1 Å². The molecule has 2 aromatic rings. The van der Waals surface area contributed by atoms with Gasteiger partial charge in [0.25, 0.3) is 0 Å². The Morgan fingerprint density at radius 3 is 2.27 bits per heavy atom. The van der Waals surface area contributed by atoms with E-state index in [0.717, 1.165) is 18.7 Å². The summed E-state index contributed by atoms with van der Waals surface area (Å²) < 4.78 is 5.32. The van der Waals surface area contributed by atoms with Crippen LogP contribution in [-0.2, 0) is 19.3 Å². The van der Waals surface area contributed by atoms with Crippen molar-refractivity contribution in [2.75, 3.05) is 7.05 Å². The van der Waals surface area contributed by atoms with Gasteiger partial charge in [-0.3, -0.25) is 0 Å². The Labute approximate surface area is 139 Å². The fourth-order valence-corrected chi connectivity index (χ4v) is 2.26. The molecule has 122 valence electrons. The van der Waals surface area contributed by atoms with E-state index in [9.17, 15) is 0 Å². The Morgan fingerprint density at radius 1 is 1.05 bits per heavy atom. The molecule has 1 heterocycles. The van der Waals surface area contributed by atoms with Gasteiger partial charge < -0.3 is 9.84 Å². The maximum Gasteiger partial charge on any atom is 0.231 e. The lowest BCUT2D eigenvalue weighted by atomic mass is 10.0. The van der Waals surface area contributed by atoms with Crippen LogP contribution in [0.2, 0.25) is 0 Å². The summed E-state index contributed by atoms with van der Waals surface area (Å²) in [5.74, 6) is 2.14. The monoisotopic (exact) mass is 323 g/mol. The highest BCUT2D eigenvalue weighted by Gasteiger charge is 2.10. The van der Waals surface area contributed by atoms with E-state index in [-0.39, 0.29) is 12.4 Å². The Kier molecular flexibility index (Phi) is 7.56. The quantitative estimate of drug-likeness (QED) is 0.848. The summed E-state index contributed by atoms with van der Waals surface area (Å²) in [6, 6.07) is 9.03. The smallest absolute Gasteiger partial charge is 0.231 e. The molecule has 0 amide bonds. The SMILES string of the molecule is CNC(C)Cc1noc(Cc2ccc(CC(C)C)cc2)n1.Cl. The molecule has 0 aliphatic heterocycles. The molecule has 1 aromatic heterocycles. The van der Waals surface area contributed by atoms with Gasteiger partial charge in [-0.25, -0.2) is 0 Å². The molecule has 1 N–H and O–H groups in total. The topological polar surface area (TPSA) is 51.0 Å². The maximum absolute atomic E-state index is 5.32. The lowest BCUT2D eigenvalue weighted by Gasteiger charge is -2.05. The molecule has 0 saturated carbocycles. The van der Waals surface area contributed by atoms with E-state index >= 15 is 0 Å². The molecule has 2 rings (SSSR count). The third-order valence-electron chi connectivity index (χ3n) is 3.51. The van der Waals surface area contributed by atoms with E-state index in [4.69, 9.17) is 4.52 Å². The fraction of sp³-hybridized carbons (Fsp3) is 0.529. The van der Waals surface area contributed by atoms with Crippen LogP contribution < -0.4 is 5.32 Å². The fourth-order valence-electron chi connectivity index (χ4n) is 2.26. The van der Waals surface area contributed by atoms with E-state index in [0.29, 0.717) is 24.3 Å². The number of nitrogens with one attached hydrogen (secondary N) is 1. The van der Waals surface area contributed by atoms with E-state index < -0.39 is 0 Å². The van der Waals surface area contributed by atoms with Crippen molar-refractivity contribution < 1.29 is 4.52 Å². The molecule has 5 heteroatoms.